The van der Waals surface area contributed by atoms with Crippen LogP contribution in [0.15, 0.2) is 0 Å². The lowest BCUT2D eigenvalue weighted by Gasteiger charge is -2.29. The zero-order chi connectivity index (χ0) is 14.0. The molecule has 1 atom stereocenters. The van der Waals surface area contributed by atoms with E-state index in [-0.39, 0.29) is 24.2 Å². The van der Waals surface area contributed by atoms with Crippen LogP contribution in [0.4, 0.5) is 5.13 Å². The molecule has 104 valence electrons. The molecule has 1 saturated heterocycles. The highest BCUT2D eigenvalue weighted by atomic mass is 32.1. The molecule has 0 aromatic carbocycles. The second-order valence-corrected chi connectivity index (χ2v) is 6.14. The third-order valence-electron chi connectivity index (χ3n) is 3.62. The van der Waals surface area contributed by atoms with Crippen LogP contribution < -0.4 is 10.6 Å². The van der Waals surface area contributed by atoms with Gasteiger partial charge in [-0.25, -0.2) is 0 Å². The Morgan fingerprint density at radius 1 is 1.53 bits per heavy atom. The van der Waals surface area contributed by atoms with Gasteiger partial charge in [-0.05, 0) is 12.3 Å². The van der Waals surface area contributed by atoms with Crippen LogP contribution in [0.2, 0.25) is 0 Å². The average molecular weight is 282 g/mol. The minimum Gasteiger partial charge on any atom is -0.355 e. The summed E-state index contributed by atoms with van der Waals surface area (Å²) in [5.41, 5.74) is -0.685. The highest BCUT2D eigenvalue weighted by Gasteiger charge is 2.47. The Bertz CT molecular complexity index is 500. The van der Waals surface area contributed by atoms with E-state index in [0.29, 0.717) is 11.7 Å². The minimum atomic E-state index is -0.685. The Balaban J connectivity index is 2.15. The number of rotatable bonds is 4. The number of hydrogen-bond donors (Lipinski definition) is 2. The Morgan fingerprint density at radius 3 is 2.74 bits per heavy atom. The zero-order valence-electron chi connectivity index (χ0n) is 11.3. The lowest BCUT2D eigenvalue weighted by molar-refractivity contribution is -0.129. The predicted molar refractivity (Wildman–Crippen MR) is 72.8 cm³/mol. The summed E-state index contributed by atoms with van der Waals surface area (Å²) in [6.07, 6.45) is 1.03. The van der Waals surface area contributed by atoms with Gasteiger partial charge in [0.15, 0.2) is 0 Å². The first kappa shape index (κ1) is 13.9. The molecule has 0 spiro atoms. The summed E-state index contributed by atoms with van der Waals surface area (Å²) in [5, 5.41) is 14.8. The number of aromatic nitrogens is 2. The van der Waals surface area contributed by atoms with E-state index in [2.05, 4.69) is 20.8 Å². The third kappa shape index (κ3) is 2.60. The molecule has 1 aromatic heterocycles. The molecule has 0 bridgehead atoms. The summed E-state index contributed by atoms with van der Waals surface area (Å²) in [4.78, 5) is 23.9. The molecule has 0 radical (unpaired) electrons. The van der Waals surface area contributed by atoms with Crippen molar-refractivity contribution >= 4 is 28.3 Å². The van der Waals surface area contributed by atoms with E-state index in [1.165, 1.54) is 11.3 Å². The highest BCUT2D eigenvalue weighted by molar-refractivity contribution is 7.15. The number of nitrogens with zero attached hydrogens (tertiary/aromatic N) is 2. The molecule has 1 unspecified atom stereocenters. The number of carbonyl (C=O) groups excluding carboxylic acids is 2. The molecule has 2 rings (SSSR count). The average Bonchev–Trinajstić information content (AvgIpc) is 2.96. The van der Waals surface area contributed by atoms with Crippen molar-refractivity contribution in [2.24, 2.45) is 11.3 Å². The Kier molecular flexibility index (Phi) is 3.84. The zero-order valence-corrected chi connectivity index (χ0v) is 12.1. The normalized spacial score (nSPS) is 22.6. The van der Waals surface area contributed by atoms with Crippen molar-refractivity contribution in [1.29, 1.82) is 0 Å². The van der Waals surface area contributed by atoms with Gasteiger partial charge in [0, 0.05) is 13.0 Å². The van der Waals surface area contributed by atoms with E-state index < -0.39 is 5.41 Å². The van der Waals surface area contributed by atoms with Gasteiger partial charge in [-0.15, -0.1) is 10.2 Å². The van der Waals surface area contributed by atoms with Gasteiger partial charge < -0.3 is 5.32 Å². The molecule has 1 fully saturated rings. The number of hydrogen-bond acceptors (Lipinski definition) is 5. The van der Waals surface area contributed by atoms with Crippen LogP contribution in [0.1, 0.15) is 32.2 Å². The summed E-state index contributed by atoms with van der Waals surface area (Å²) in [6.45, 7) is 6.28. The first-order valence-electron chi connectivity index (χ1n) is 6.38. The lowest BCUT2D eigenvalue weighted by atomic mass is 9.75. The van der Waals surface area contributed by atoms with Crippen molar-refractivity contribution < 1.29 is 9.59 Å². The van der Waals surface area contributed by atoms with Gasteiger partial charge in [-0.3, -0.25) is 14.9 Å². The SMILES string of the molecule is CCc1nnc(NC(=O)C2(C(C)C)CNC(=O)C2)s1. The standard InChI is InChI=1S/C12H18N4O2S/c1-4-9-15-16-11(19-9)14-10(18)12(7(2)3)5-8(17)13-6-12/h7H,4-6H2,1-3H3,(H,13,17)(H,14,16,18). The van der Waals surface area contributed by atoms with E-state index in [1.807, 2.05) is 20.8 Å². The number of carbonyl (C=O) groups is 2. The molecule has 2 amide bonds. The topological polar surface area (TPSA) is 84.0 Å². The van der Waals surface area contributed by atoms with Gasteiger partial charge in [0.2, 0.25) is 16.9 Å². The molecule has 0 saturated carbocycles. The van der Waals surface area contributed by atoms with E-state index in [1.54, 1.807) is 0 Å². The summed E-state index contributed by atoms with van der Waals surface area (Å²) in [6, 6.07) is 0. The summed E-state index contributed by atoms with van der Waals surface area (Å²) in [5.74, 6) is -0.153. The first-order valence-corrected chi connectivity index (χ1v) is 7.20. The molecule has 2 N–H and O–H groups in total. The smallest absolute Gasteiger partial charge is 0.234 e. The second-order valence-electron chi connectivity index (χ2n) is 5.07. The Hall–Kier alpha value is -1.50. The molecule has 0 aliphatic carbocycles. The van der Waals surface area contributed by atoms with Crippen molar-refractivity contribution in [2.75, 3.05) is 11.9 Å². The maximum atomic E-state index is 12.5. The number of anilines is 1. The predicted octanol–water partition coefficient (Wildman–Crippen LogP) is 1.20. The molecular weight excluding hydrogens is 264 g/mol. The van der Waals surface area contributed by atoms with Crippen LogP contribution in [0.5, 0.6) is 0 Å². The van der Waals surface area contributed by atoms with E-state index in [9.17, 15) is 9.59 Å². The van der Waals surface area contributed by atoms with Crippen molar-refractivity contribution in [3.05, 3.63) is 5.01 Å². The Labute approximate surface area is 116 Å². The molecule has 7 heteroatoms. The van der Waals surface area contributed by atoms with Crippen molar-refractivity contribution in [2.45, 2.75) is 33.6 Å². The third-order valence-corrected chi connectivity index (χ3v) is 4.61. The van der Waals surface area contributed by atoms with E-state index in [4.69, 9.17) is 0 Å². The van der Waals surface area contributed by atoms with Crippen molar-refractivity contribution in [3.8, 4) is 0 Å². The summed E-state index contributed by atoms with van der Waals surface area (Å²) >= 11 is 1.37. The first-order chi connectivity index (χ1) is 8.98. The molecule has 6 nitrogen and oxygen atoms in total. The maximum absolute atomic E-state index is 12.5. The second kappa shape index (κ2) is 5.24. The van der Waals surface area contributed by atoms with Crippen molar-refractivity contribution in [1.82, 2.24) is 15.5 Å². The fourth-order valence-corrected chi connectivity index (χ4v) is 2.84. The number of aryl methyl sites for hydroxylation is 1. The maximum Gasteiger partial charge on any atom is 0.234 e. The molecule has 2 heterocycles. The van der Waals surface area contributed by atoms with Gasteiger partial charge in [0.05, 0.1) is 5.41 Å². The summed E-state index contributed by atoms with van der Waals surface area (Å²) in [7, 11) is 0. The van der Waals surface area contributed by atoms with Crippen LogP contribution in [-0.4, -0.2) is 28.6 Å². The van der Waals surface area contributed by atoms with Gasteiger partial charge in [0.1, 0.15) is 5.01 Å². The van der Waals surface area contributed by atoms with Crippen LogP contribution >= 0.6 is 11.3 Å². The van der Waals surface area contributed by atoms with Gasteiger partial charge >= 0.3 is 0 Å². The van der Waals surface area contributed by atoms with Gasteiger partial charge in [-0.1, -0.05) is 32.1 Å². The van der Waals surface area contributed by atoms with Gasteiger partial charge in [0.25, 0.3) is 0 Å². The van der Waals surface area contributed by atoms with Crippen LogP contribution in [-0.2, 0) is 16.0 Å². The quantitative estimate of drug-likeness (QED) is 0.869. The molecule has 1 aromatic rings. The fraction of sp³-hybridized carbons (Fsp3) is 0.667. The van der Waals surface area contributed by atoms with Crippen LogP contribution in [0.3, 0.4) is 0 Å². The molecule has 1 aliphatic rings. The highest BCUT2D eigenvalue weighted by Crippen LogP contribution is 2.36. The van der Waals surface area contributed by atoms with Gasteiger partial charge in [-0.2, -0.15) is 0 Å². The number of amides is 2. The van der Waals surface area contributed by atoms with Crippen molar-refractivity contribution in [3.63, 3.8) is 0 Å². The lowest BCUT2D eigenvalue weighted by Crippen LogP contribution is -2.42. The Morgan fingerprint density at radius 2 is 2.26 bits per heavy atom. The number of nitrogens with one attached hydrogen (secondary N) is 2. The van der Waals surface area contributed by atoms with E-state index >= 15 is 0 Å². The minimum absolute atomic E-state index is 0.0737. The fourth-order valence-electron chi connectivity index (χ4n) is 2.17. The molecule has 19 heavy (non-hydrogen) atoms. The molecule has 1 aliphatic heterocycles. The largest absolute Gasteiger partial charge is 0.355 e. The van der Waals surface area contributed by atoms with E-state index in [0.717, 1.165) is 11.4 Å². The summed E-state index contributed by atoms with van der Waals surface area (Å²) < 4.78 is 0. The van der Waals surface area contributed by atoms with Crippen LogP contribution in [0.25, 0.3) is 0 Å². The molecular formula is C12H18N4O2S. The monoisotopic (exact) mass is 282 g/mol. The van der Waals surface area contributed by atoms with Crippen LogP contribution in [0, 0.1) is 11.3 Å².